The summed E-state index contributed by atoms with van der Waals surface area (Å²) in [7, 11) is 0. The van der Waals surface area contributed by atoms with Gasteiger partial charge < -0.3 is 4.90 Å². The Kier molecular flexibility index (Phi) is 20.5. The van der Waals surface area contributed by atoms with Gasteiger partial charge in [-0.2, -0.15) is 0 Å². The van der Waals surface area contributed by atoms with Crippen molar-refractivity contribution in [3.05, 3.63) is 0 Å². The first-order valence-corrected chi connectivity index (χ1v) is 10.3. The van der Waals surface area contributed by atoms with Crippen LogP contribution in [0.2, 0.25) is 0 Å². The molecule has 0 radical (unpaired) electrons. The van der Waals surface area contributed by atoms with E-state index in [1.54, 1.807) is 0 Å². The molecule has 4 heteroatoms. The quantitative estimate of drug-likeness (QED) is 0.130. The van der Waals surface area contributed by atoms with Crippen LogP contribution in [0.25, 0.3) is 0 Å². The van der Waals surface area contributed by atoms with Crippen LogP contribution in [-0.2, 0) is 0 Å². The van der Waals surface area contributed by atoms with Crippen LogP contribution >= 0.6 is 24.8 Å². The van der Waals surface area contributed by atoms with Crippen molar-refractivity contribution in [3.63, 3.8) is 0 Å². The van der Waals surface area contributed by atoms with Crippen LogP contribution in [0.4, 0.5) is 0 Å². The molecule has 0 heterocycles. The van der Waals surface area contributed by atoms with Crippen molar-refractivity contribution in [3.8, 4) is 0 Å². The number of hydrogen-bond acceptors (Lipinski definition) is 1. The van der Waals surface area contributed by atoms with Crippen molar-refractivity contribution in [2.75, 3.05) is 13.1 Å². The second kappa shape index (κ2) is 17.9. The van der Waals surface area contributed by atoms with E-state index in [0.717, 1.165) is 29.2 Å². The molecule has 0 aliphatic heterocycles. The molecule has 0 fully saturated rings. The van der Waals surface area contributed by atoms with E-state index in [-0.39, 0.29) is 26.2 Å². The minimum absolute atomic E-state index is 0. The summed E-state index contributed by atoms with van der Waals surface area (Å²) in [5.41, 5.74) is 0. The Bertz CT molecular complexity index is 250. The maximum absolute atomic E-state index is 5.28. The summed E-state index contributed by atoms with van der Waals surface area (Å²) in [4.78, 5) is 2.29. The normalized spacial score (nSPS) is 10.9. The molecule has 0 unspecified atom stereocenters. The number of thiocarbonyl (C=S) groups is 1. The van der Waals surface area contributed by atoms with Crippen LogP contribution in [0.1, 0.15) is 91.9 Å². The summed E-state index contributed by atoms with van der Waals surface area (Å²) in [6.45, 7) is 11.4. The summed E-state index contributed by atoms with van der Waals surface area (Å²) in [6.07, 6.45) is 13.4. The molecule has 0 aromatic carbocycles. The second-order valence-corrected chi connectivity index (χ2v) is 8.58. The first-order valence-electron chi connectivity index (χ1n) is 9.41. The molecule has 0 amide bonds. The van der Waals surface area contributed by atoms with Crippen molar-refractivity contribution in [1.29, 1.82) is 0 Å². The zero-order valence-electron chi connectivity index (χ0n) is 16.1. The predicted octanol–water partition coefficient (Wildman–Crippen LogP) is 5.53. The van der Waals surface area contributed by atoms with Gasteiger partial charge in [0.05, 0.1) is 0 Å². The van der Waals surface area contributed by atoms with Gasteiger partial charge in [0.15, 0.2) is 0 Å². The van der Waals surface area contributed by atoms with Gasteiger partial charge in [-0.1, -0.05) is 91.3 Å². The number of hydrogen-bond donors (Lipinski definition) is 1. The van der Waals surface area contributed by atoms with Crippen molar-refractivity contribution in [1.82, 2.24) is 4.90 Å². The van der Waals surface area contributed by atoms with E-state index in [4.69, 9.17) is 12.2 Å². The molecule has 0 aromatic rings. The average Bonchev–Trinajstić information content (AvgIpc) is 2.42. The predicted molar refractivity (Wildman–Crippen MR) is 119 cm³/mol. The molecule has 0 saturated carbocycles. The van der Waals surface area contributed by atoms with E-state index in [1.807, 2.05) is 0 Å². The monoisotopic (exact) mass is 557 g/mol. The zero-order chi connectivity index (χ0) is 16.8. The summed E-state index contributed by atoms with van der Waals surface area (Å²) in [5, 5.41) is 0. The number of rotatable bonds is 14. The fourth-order valence-electron chi connectivity index (χ4n) is 2.72. The van der Waals surface area contributed by atoms with Crippen LogP contribution in [0.15, 0.2) is 0 Å². The molecule has 0 aliphatic carbocycles. The molecule has 0 N–H and O–H groups in total. The van der Waals surface area contributed by atoms with Gasteiger partial charge in [0, 0.05) is 13.1 Å². The fraction of sp³-hybridized carbons (Fsp3) is 0.947. The topological polar surface area (TPSA) is 3.24 Å². The molecule has 0 bridgehead atoms. The van der Waals surface area contributed by atoms with Crippen LogP contribution in [0, 0.1) is 11.8 Å². The molecular formula is C19H42BiNS2. The van der Waals surface area contributed by atoms with Gasteiger partial charge in [-0.25, -0.2) is 0 Å². The number of unbranched alkanes of at least 4 members (excludes halogenated alkanes) is 6. The van der Waals surface area contributed by atoms with E-state index < -0.39 is 0 Å². The van der Waals surface area contributed by atoms with Gasteiger partial charge in [-0.05, 0) is 24.7 Å². The molecule has 0 aliphatic rings. The number of thiol groups is 1. The average molecular weight is 558 g/mol. The molecule has 0 saturated heterocycles. The number of nitrogens with zero attached hydrogens (tertiary/aromatic N) is 1. The maximum atomic E-state index is 5.28. The third-order valence-electron chi connectivity index (χ3n) is 4.19. The molecule has 1 nitrogen and oxygen atoms in total. The Morgan fingerprint density at radius 2 is 1.09 bits per heavy atom. The molecule has 140 valence electrons. The molecule has 0 atom stereocenters. The van der Waals surface area contributed by atoms with Crippen LogP contribution in [-0.4, -0.2) is 48.5 Å². The second-order valence-electron chi connectivity index (χ2n) is 7.46. The standard InChI is InChI=1S/C19H39NS2.Bi.3H/c1-17(2)13-9-5-7-11-15-20(19(21)22)16-12-8-6-10-14-18(3)4;;;;/h17-18H,5-16H2,1-4H3,(H,21,22);;;;. The molecule has 0 spiro atoms. The Morgan fingerprint density at radius 3 is 1.39 bits per heavy atom. The van der Waals surface area contributed by atoms with Crippen molar-refractivity contribution in [2.45, 2.75) is 91.9 Å². The summed E-state index contributed by atoms with van der Waals surface area (Å²) >= 11 is 9.67. The van der Waals surface area contributed by atoms with Crippen LogP contribution in [0.3, 0.4) is 0 Å². The van der Waals surface area contributed by atoms with E-state index in [0.29, 0.717) is 0 Å². The Hall–Kier alpha value is 1.12. The Balaban J connectivity index is 0. The van der Waals surface area contributed by atoms with E-state index in [1.165, 1.54) is 64.2 Å². The molecule has 0 aromatic heterocycles. The Morgan fingerprint density at radius 1 is 0.739 bits per heavy atom. The SMILES string of the molecule is CC(C)CCCCCCN(CCCCCCC(C)C)C(=S)S.[BiH3]. The van der Waals surface area contributed by atoms with Crippen molar-refractivity contribution in [2.24, 2.45) is 11.8 Å². The van der Waals surface area contributed by atoms with E-state index >= 15 is 0 Å². The van der Waals surface area contributed by atoms with Gasteiger partial charge in [0.25, 0.3) is 0 Å². The van der Waals surface area contributed by atoms with Gasteiger partial charge >= 0.3 is 26.2 Å². The van der Waals surface area contributed by atoms with Gasteiger partial charge in [-0.3, -0.25) is 0 Å². The molecule has 0 rings (SSSR count). The third-order valence-corrected chi connectivity index (χ3v) is 4.73. The van der Waals surface area contributed by atoms with Gasteiger partial charge in [-0.15, -0.1) is 12.6 Å². The van der Waals surface area contributed by atoms with Crippen molar-refractivity contribution < 1.29 is 0 Å². The molecular weight excluding hydrogens is 515 g/mol. The summed E-state index contributed by atoms with van der Waals surface area (Å²) in [5.74, 6) is 1.69. The van der Waals surface area contributed by atoms with E-state index in [9.17, 15) is 0 Å². The van der Waals surface area contributed by atoms with Gasteiger partial charge in [0.1, 0.15) is 4.32 Å². The summed E-state index contributed by atoms with van der Waals surface area (Å²) < 4.78 is 0.782. The minimum atomic E-state index is 0. The van der Waals surface area contributed by atoms with Crippen molar-refractivity contribution >= 4 is 55.4 Å². The van der Waals surface area contributed by atoms with Crippen LogP contribution in [0.5, 0.6) is 0 Å². The third kappa shape index (κ3) is 19.3. The van der Waals surface area contributed by atoms with E-state index in [2.05, 4.69) is 45.2 Å². The Labute approximate surface area is 176 Å². The van der Waals surface area contributed by atoms with Gasteiger partial charge in [0.2, 0.25) is 0 Å². The summed E-state index contributed by atoms with van der Waals surface area (Å²) in [6, 6.07) is 0. The van der Waals surface area contributed by atoms with Crippen LogP contribution < -0.4 is 0 Å². The zero-order valence-corrected chi connectivity index (χ0v) is 23.4. The first kappa shape index (κ1) is 26.4. The fourth-order valence-corrected chi connectivity index (χ4v) is 3.10. The first-order chi connectivity index (χ1) is 10.4. The molecule has 23 heavy (non-hydrogen) atoms.